The van der Waals surface area contributed by atoms with Gasteiger partial charge in [-0.3, -0.25) is 0 Å². The van der Waals surface area contributed by atoms with Crippen molar-refractivity contribution in [3.05, 3.63) is 24.4 Å². The lowest BCUT2D eigenvalue weighted by Crippen LogP contribution is -1.93. The van der Waals surface area contributed by atoms with E-state index in [9.17, 15) is 0 Å². The first-order valence-electron chi connectivity index (χ1n) is 4.45. The molecule has 0 saturated carbocycles. The minimum absolute atomic E-state index is 0.452. The Hall–Kier alpha value is -1.38. The van der Waals surface area contributed by atoms with Crippen LogP contribution in [-0.4, -0.2) is 14.5 Å². The molecule has 0 saturated heterocycles. The second-order valence-electron chi connectivity index (χ2n) is 3.64. The summed E-state index contributed by atoms with van der Waals surface area (Å²) in [6.45, 7) is 4.30. The normalized spacial score (nSPS) is 11.4. The summed E-state index contributed by atoms with van der Waals surface area (Å²) in [5, 5.41) is 1.17. The summed E-state index contributed by atoms with van der Waals surface area (Å²) in [5.41, 5.74) is 2.16. The van der Waals surface area contributed by atoms with E-state index in [1.807, 2.05) is 17.8 Å². The quantitative estimate of drug-likeness (QED) is 0.664. The van der Waals surface area contributed by atoms with Crippen LogP contribution < -0.4 is 0 Å². The second kappa shape index (κ2) is 2.83. The highest BCUT2D eigenvalue weighted by molar-refractivity contribution is 5.80. The second-order valence-corrected chi connectivity index (χ2v) is 3.64. The van der Waals surface area contributed by atoms with Gasteiger partial charge < -0.3 is 4.57 Å². The van der Waals surface area contributed by atoms with E-state index < -0.39 is 0 Å². The van der Waals surface area contributed by atoms with Gasteiger partial charge in [0.15, 0.2) is 0 Å². The maximum atomic E-state index is 4.30. The van der Waals surface area contributed by atoms with Gasteiger partial charge in [-0.05, 0) is 5.92 Å². The van der Waals surface area contributed by atoms with Gasteiger partial charge in [-0.25, -0.2) is 9.97 Å². The summed E-state index contributed by atoms with van der Waals surface area (Å²) in [5.74, 6) is 0.452. The largest absolute Gasteiger partial charge is 0.354 e. The molecule has 0 unspecified atom stereocenters. The number of rotatable bonds is 1. The van der Waals surface area contributed by atoms with Crippen LogP contribution in [0.2, 0.25) is 0 Å². The van der Waals surface area contributed by atoms with Gasteiger partial charge in [-0.15, -0.1) is 0 Å². The van der Waals surface area contributed by atoms with Crippen LogP contribution in [-0.2, 0) is 7.05 Å². The Bertz CT molecular complexity index is 429. The summed E-state index contributed by atoms with van der Waals surface area (Å²) in [7, 11) is 2.01. The molecule has 0 aromatic carbocycles. The van der Waals surface area contributed by atoms with Crippen LogP contribution in [0.25, 0.3) is 10.9 Å². The predicted octanol–water partition coefficient (Wildman–Crippen LogP) is 2.09. The fraction of sp³-hybridized carbons (Fsp3) is 0.400. The number of fused-ring (bicyclic) bond motifs is 1. The van der Waals surface area contributed by atoms with Crippen molar-refractivity contribution < 1.29 is 0 Å². The zero-order chi connectivity index (χ0) is 9.42. The van der Waals surface area contributed by atoms with Crippen LogP contribution in [0.15, 0.2) is 18.7 Å². The third-order valence-electron chi connectivity index (χ3n) is 2.15. The van der Waals surface area contributed by atoms with Crippen LogP contribution in [0.4, 0.5) is 0 Å². The summed E-state index contributed by atoms with van der Waals surface area (Å²) >= 11 is 0. The number of hydrogen-bond donors (Lipinski definition) is 0. The van der Waals surface area contributed by atoms with Gasteiger partial charge in [0.05, 0.1) is 11.2 Å². The molecule has 0 bridgehead atoms. The van der Waals surface area contributed by atoms with Gasteiger partial charge in [-0.1, -0.05) is 13.8 Å². The molecule has 2 heterocycles. The van der Waals surface area contributed by atoms with Crippen molar-refractivity contribution in [2.45, 2.75) is 19.8 Å². The van der Waals surface area contributed by atoms with Crippen LogP contribution in [0.1, 0.15) is 25.5 Å². The van der Waals surface area contributed by atoms with Crippen LogP contribution in [0, 0.1) is 0 Å². The van der Waals surface area contributed by atoms with Crippen molar-refractivity contribution in [1.82, 2.24) is 14.5 Å². The first-order chi connectivity index (χ1) is 6.18. The molecular weight excluding hydrogens is 162 g/mol. The molecule has 0 atom stereocenters. The molecule has 0 spiro atoms. The molecule has 0 aliphatic heterocycles. The first kappa shape index (κ1) is 8.23. The van der Waals surface area contributed by atoms with E-state index >= 15 is 0 Å². The predicted molar refractivity (Wildman–Crippen MR) is 52.6 cm³/mol. The molecule has 0 N–H and O–H groups in total. The first-order valence-corrected chi connectivity index (χ1v) is 4.45. The van der Waals surface area contributed by atoms with E-state index in [2.05, 4.69) is 30.0 Å². The van der Waals surface area contributed by atoms with Gasteiger partial charge in [0, 0.05) is 24.8 Å². The number of hydrogen-bond acceptors (Lipinski definition) is 2. The average Bonchev–Trinajstić information content (AvgIpc) is 2.43. The highest BCUT2D eigenvalue weighted by atomic mass is 14.9. The van der Waals surface area contributed by atoms with E-state index in [0.717, 1.165) is 11.2 Å². The van der Waals surface area contributed by atoms with Crippen molar-refractivity contribution in [3.8, 4) is 0 Å². The fourth-order valence-corrected chi connectivity index (χ4v) is 1.55. The zero-order valence-corrected chi connectivity index (χ0v) is 8.15. The fourth-order valence-electron chi connectivity index (χ4n) is 1.55. The number of nitrogens with zero attached hydrogens (tertiary/aromatic N) is 3. The third-order valence-corrected chi connectivity index (χ3v) is 2.15. The minimum Gasteiger partial charge on any atom is -0.354 e. The summed E-state index contributed by atoms with van der Waals surface area (Å²) < 4.78 is 2.02. The van der Waals surface area contributed by atoms with Crippen LogP contribution >= 0.6 is 0 Å². The Morgan fingerprint density at radius 2 is 2.00 bits per heavy atom. The lowest BCUT2D eigenvalue weighted by atomic mass is 10.1. The molecule has 13 heavy (non-hydrogen) atoms. The summed E-state index contributed by atoms with van der Waals surface area (Å²) in [4.78, 5) is 8.51. The highest BCUT2D eigenvalue weighted by Crippen LogP contribution is 2.21. The lowest BCUT2D eigenvalue weighted by Gasteiger charge is -2.03. The van der Waals surface area contributed by atoms with Crippen molar-refractivity contribution in [2.75, 3.05) is 0 Å². The lowest BCUT2D eigenvalue weighted by molar-refractivity contribution is 0.828. The zero-order valence-electron chi connectivity index (χ0n) is 8.15. The molecular formula is C10H13N3. The van der Waals surface area contributed by atoms with Gasteiger partial charge in [0.25, 0.3) is 0 Å². The molecule has 0 radical (unpaired) electrons. The molecule has 2 aromatic heterocycles. The van der Waals surface area contributed by atoms with Crippen molar-refractivity contribution in [3.63, 3.8) is 0 Å². The highest BCUT2D eigenvalue weighted by Gasteiger charge is 2.08. The monoisotopic (exact) mass is 175 g/mol. The molecule has 0 fully saturated rings. The standard InChI is InChI=1S/C10H13N3/c1-7(2)10-8-4-13(3)5-9(8)11-6-12-10/h4-7H,1-3H3. The van der Waals surface area contributed by atoms with E-state index in [1.165, 1.54) is 5.39 Å². The van der Waals surface area contributed by atoms with Gasteiger partial charge in [0.1, 0.15) is 6.33 Å². The average molecular weight is 175 g/mol. The Morgan fingerprint density at radius 3 is 2.69 bits per heavy atom. The minimum atomic E-state index is 0.452. The third kappa shape index (κ3) is 1.30. The van der Waals surface area contributed by atoms with E-state index in [0.29, 0.717) is 5.92 Å². The molecule has 0 aliphatic carbocycles. The molecule has 0 aliphatic rings. The Balaban J connectivity index is 2.75. The van der Waals surface area contributed by atoms with E-state index in [1.54, 1.807) is 6.33 Å². The summed E-state index contributed by atoms with van der Waals surface area (Å²) in [6.07, 6.45) is 5.73. The van der Waals surface area contributed by atoms with Crippen molar-refractivity contribution in [1.29, 1.82) is 0 Å². The van der Waals surface area contributed by atoms with Gasteiger partial charge in [-0.2, -0.15) is 0 Å². The Morgan fingerprint density at radius 1 is 1.23 bits per heavy atom. The van der Waals surface area contributed by atoms with Crippen molar-refractivity contribution in [2.24, 2.45) is 7.05 Å². The number of aryl methyl sites for hydroxylation is 1. The molecule has 3 heteroatoms. The van der Waals surface area contributed by atoms with Gasteiger partial charge >= 0.3 is 0 Å². The van der Waals surface area contributed by atoms with Gasteiger partial charge in [0.2, 0.25) is 0 Å². The molecule has 68 valence electrons. The smallest absolute Gasteiger partial charge is 0.116 e. The maximum Gasteiger partial charge on any atom is 0.116 e. The van der Waals surface area contributed by atoms with Crippen LogP contribution in [0.3, 0.4) is 0 Å². The SMILES string of the molecule is CC(C)c1ncnc2cn(C)cc12. The Kier molecular flexibility index (Phi) is 1.79. The Labute approximate surface area is 77.4 Å². The topological polar surface area (TPSA) is 30.7 Å². The van der Waals surface area contributed by atoms with E-state index in [4.69, 9.17) is 0 Å². The number of aromatic nitrogens is 3. The molecule has 3 nitrogen and oxygen atoms in total. The molecule has 2 aromatic rings. The van der Waals surface area contributed by atoms with Crippen molar-refractivity contribution >= 4 is 10.9 Å². The van der Waals surface area contributed by atoms with E-state index in [-0.39, 0.29) is 0 Å². The molecule has 2 rings (SSSR count). The van der Waals surface area contributed by atoms with Crippen LogP contribution in [0.5, 0.6) is 0 Å². The summed E-state index contributed by atoms with van der Waals surface area (Å²) in [6, 6.07) is 0. The maximum absolute atomic E-state index is 4.30. The molecule has 0 amide bonds.